The molecule has 1 aromatic heterocycles. The van der Waals surface area contributed by atoms with Gasteiger partial charge >= 0.3 is 0 Å². The van der Waals surface area contributed by atoms with Gasteiger partial charge in [0.25, 0.3) is 0 Å². The van der Waals surface area contributed by atoms with Crippen LogP contribution >= 0.6 is 0 Å². The van der Waals surface area contributed by atoms with E-state index in [0.29, 0.717) is 6.42 Å². The minimum Gasteiger partial charge on any atom is -0.370 e. The van der Waals surface area contributed by atoms with E-state index < -0.39 is 5.60 Å². The number of ketones is 1. The van der Waals surface area contributed by atoms with Gasteiger partial charge in [-0.2, -0.15) is 0 Å². The molecule has 1 aliphatic carbocycles. The Kier molecular flexibility index (Phi) is 3.34. The lowest BCUT2D eigenvalue weighted by molar-refractivity contribution is -0.151. The molecule has 4 heteroatoms. The monoisotopic (exact) mass is 272 g/mol. The SMILES string of the molecule is CCn1c(CC(=O)C2(OC)CCC2)nc2ccccc21. The van der Waals surface area contributed by atoms with Crippen LogP contribution < -0.4 is 0 Å². The van der Waals surface area contributed by atoms with Gasteiger partial charge in [-0.25, -0.2) is 4.98 Å². The van der Waals surface area contributed by atoms with Crippen molar-refractivity contribution in [2.45, 2.75) is 44.8 Å². The van der Waals surface area contributed by atoms with Crippen molar-refractivity contribution in [1.82, 2.24) is 9.55 Å². The summed E-state index contributed by atoms with van der Waals surface area (Å²) in [6, 6.07) is 8.02. The highest BCUT2D eigenvalue weighted by atomic mass is 16.5. The first-order valence-electron chi connectivity index (χ1n) is 7.23. The molecule has 0 radical (unpaired) electrons. The lowest BCUT2D eigenvalue weighted by Gasteiger charge is -2.38. The van der Waals surface area contributed by atoms with Crippen LogP contribution in [0.25, 0.3) is 11.0 Å². The second-order valence-corrected chi connectivity index (χ2v) is 5.41. The smallest absolute Gasteiger partial charge is 0.172 e. The van der Waals surface area contributed by atoms with Crippen LogP contribution in [-0.4, -0.2) is 28.0 Å². The summed E-state index contributed by atoms with van der Waals surface area (Å²) in [5, 5.41) is 0. The molecular formula is C16H20N2O2. The van der Waals surface area contributed by atoms with Crippen molar-refractivity contribution >= 4 is 16.8 Å². The Labute approximate surface area is 118 Å². The van der Waals surface area contributed by atoms with Crippen molar-refractivity contribution in [2.24, 2.45) is 0 Å². The lowest BCUT2D eigenvalue weighted by atomic mass is 9.76. The van der Waals surface area contributed by atoms with Gasteiger partial charge in [0, 0.05) is 13.7 Å². The van der Waals surface area contributed by atoms with Gasteiger partial charge in [-0.15, -0.1) is 0 Å². The Bertz CT molecular complexity index is 635. The molecule has 1 saturated carbocycles. The third kappa shape index (κ3) is 1.95. The van der Waals surface area contributed by atoms with Gasteiger partial charge in [0.1, 0.15) is 11.4 Å². The maximum absolute atomic E-state index is 12.5. The molecule has 0 N–H and O–H groups in total. The lowest BCUT2D eigenvalue weighted by Crippen LogP contribution is -2.48. The van der Waals surface area contributed by atoms with Crippen molar-refractivity contribution in [1.29, 1.82) is 0 Å². The molecule has 0 saturated heterocycles. The fraction of sp³-hybridized carbons (Fsp3) is 0.500. The third-order valence-electron chi connectivity index (χ3n) is 4.43. The Hall–Kier alpha value is -1.68. The second-order valence-electron chi connectivity index (χ2n) is 5.41. The van der Waals surface area contributed by atoms with E-state index in [4.69, 9.17) is 4.74 Å². The van der Waals surface area contributed by atoms with Gasteiger partial charge in [-0.05, 0) is 38.3 Å². The van der Waals surface area contributed by atoms with Gasteiger partial charge in [-0.1, -0.05) is 12.1 Å². The molecule has 0 amide bonds. The number of hydrogen-bond donors (Lipinski definition) is 0. The number of rotatable bonds is 5. The zero-order chi connectivity index (χ0) is 14.2. The van der Waals surface area contributed by atoms with Crippen LogP contribution in [0.2, 0.25) is 0 Å². The summed E-state index contributed by atoms with van der Waals surface area (Å²) in [4.78, 5) is 17.1. The largest absolute Gasteiger partial charge is 0.370 e. The molecule has 0 atom stereocenters. The fourth-order valence-corrected chi connectivity index (χ4v) is 3.01. The quantitative estimate of drug-likeness (QED) is 0.840. The Morgan fingerprint density at radius 1 is 1.40 bits per heavy atom. The number of carbonyl (C=O) groups is 1. The van der Waals surface area contributed by atoms with Crippen LogP contribution in [-0.2, 0) is 22.5 Å². The topological polar surface area (TPSA) is 44.1 Å². The molecule has 20 heavy (non-hydrogen) atoms. The summed E-state index contributed by atoms with van der Waals surface area (Å²) in [6.07, 6.45) is 3.11. The number of benzene rings is 1. The van der Waals surface area contributed by atoms with Gasteiger partial charge < -0.3 is 9.30 Å². The first-order chi connectivity index (χ1) is 9.70. The van der Waals surface area contributed by atoms with Crippen molar-refractivity contribution in [2.75, 3.05) is 7.11 Å². The number of aromatic nitrogens is 2. The molecular weight excluding hydrogens is 252 g/mol. The van der Waals surface area contributed by atoms with Gasteiger partial charge in [0.2, 0.25) is 0 Å². The molecule has 1 aromatic carbocycles. The summed E-state index contributed by atoms with van der Waals surface area (Å²) < 4.78 is 7.59. The van der Waals surface area contributed by atoms with Gasteiger partial charge in [-0.3, -0.25) is 4.79 Å². The third-order valence-corrected chi connectivity index (χ3v) is 4.43. The molecule has 2 aromatic rings. The van der Waals surface area contributed by atoms with Crippen LogP contribution in [0.15, 0.2) is 24.3 Å². The predicted molar refractivity (Wildman–Crippen MR) is 77.7 cm³/mol. The molecule has 0 spiro atoms. The van der Waals surface area contributed by atoms with Crippen LogP contribution in [0.1, 0.15) is 32.0 Å². The number of nitrogens with zero attached hydrogens (tertiary/aromatic N) is 2. The fourth-order valence-electron chi connectivity index (χ4n) is 3.01. The average Bonchev–Trinajstić information content (AvgIpc) is 2.75. The van der Waals surface area contributed by atoms with E-state index in [9.17, 15) is 4.79 Å². The van der Waals surface area contributed by atoms with Crippen LogP contribution in [0.3, 0.4) is 0 Å². The van der Waals surface area contributed by atoms with E-state index in [0.717, 1.165) is 42.7 Å². The highest BCUT2D eigenvalue weighted by Crippen LogP contribution is 2.36. The van der Waals surface area contributed by atoms with Crippen molar-refractivity contribution < 1.29 is 9.53 Å². The zero-order valence-corrected chi connectivity index (χ0v) is 12.1. The van der Waals surface area contributed by atoms with Gasteiger partial charge in [0.15, 0.2) is 5.78 Å². The normalized spacial score (nSPS) is 17.1. The zero-order valence-electron chi connectivity index (χ0n) is 12.1. The van der Waals surface area contributed by atoms with Crippen LogP contribution in [0.5, 0.6) is 0 Å². The minimum absolute atomic E-state index is 0.163. The van der Waals surface area contributed by atoms with E-state index in [1.165, 1.54) is 0 Å². The van der Waals surface area contributed by atoms with Crippen LogP contribution in [0, 0.1) is 0 Å². The summed E-state index contributed by atoms with van der Waals surface area (Å²) in [7, 11) is 1.64. The number of methoxy groups -OCH3 is 1. The summed E-state index contributed by atoms with van der Waals surface area (Å²) >= 11 is 0. The number of carbonyl (C=O) groups excluding carboxylic acids is 1. The maximum atomic E-state index is 12.5. The number of fused-ring (bicyclic) bond motifs is 1. The van der Waals surface area contributed by atoms with E-state index in [1.54, 1.807) is 7.11 Å². The summed E-state index contributed by atoms with van der Waals surface area (Å²) in [5.74, 6) is 1.01. The molecule has 0 bridgehead atoms. The highest BCUT2D eigenvalue weighted by Gasteiger charge is 2.44. The molecule has 106 valence electrons. The van der Waals surface area contributed by atoms with Crippen LogP contribution in [0.4, 0.5) is 0 Å². The summed E-state index contributed by atoms with van der Waals surface area (Å²) in [6.45, 7) is 2.90. The molecule has 0 aliphatic heterocycles. The minimum atomic E-state index is -0.545. The second kappa shape index (κ2) is 5.02. The molecule has 3 rings (SSSR count). The predicted octanol–water partition coefficient (Wildman–Crippen LogP) is 2.74. The van der Waals surface area contributed by atoms with E-state index in [2.05, 4.69) is 22.5 Å². The molecule has 1 heterocycles. The number of imidazole rings is 1. The first-order valence-corrected chi connectivity index (χ1v) is 7.23. The number of Topliss-reactive ketones (excluding diaryl/α,β-unsaturated/α-hetero) is 1. The molecule has 4 nitrogen and oxygen atoms in total. The van der Waals surface area contributed by atoms with Crippen molar-refractivity contribution in [3.63, 3.8) is 0 Å². The molecule has 1 aliphatic rings. The number of aryl methyl sites for hydroxylation is 1. The average molecular weight is 272 g/mol. The van der Waals surface area contributed by atoms with Gasteiger partial charge in [0.05, 0.1) is 17.5 Å². The Morgan fingerprint density at radius 2 is 2.15 bits per heavy atom. The molecule has 0 unspecified atom stereocenters. The van der Waals surface area contributed by atoms with Crippen molar-refractivity contribution in [3.8, 4) is 0 Å². The van der Waals surface area contributed by atoms with E-state index >= 15 is 0 Å². The summed E-state index contributed by atoms with van der Waals surface area (Å²) in [5.41, 5.74) is 1.51. The number of ether oxygens (including phenoxy) is 1. The molecule has 1 fully saturated rings. The standard InChI is InChI=1S/C16H20N2O2/c1-3-18-13-8-5-4-7-12(13)17-15(18)11-14(19)16(20-2)9-6-10-16/h4-5,7-8H,3,6,9-11H2,1-2H3. The number of hydrogen-bond acceptors (Lipinski definition) is 3. The Morgan fingerprint density at radius 3 is 2.75 bits per heavy atom. The van der Waals surface area contributed by atoms with E-state index in [1.807, 2.05) is 18.2 Å². The first kappa shape index (κ1) is 13.3. The maximum Gasteiger partial charge on any atom is 0.172 e. The number of para-hydroxylation sites is 2. The van der Waals surface area contributed by atoms with Crippen molar-refractivity contribution in [3.05, 3.63) is 30.1 Å². The highest BCUT2D eigenvalue weighted by molar-refractivity contribution is 5.90. The Balaban J connectivity index is 1.92. The van der Waals surface area contributed by atoms with E-state index in [-0.39, 0.29) is 5.78 Å².